The third-order valence-electron chi connectivity index (χ3n) is 5.25. The number of nitrogens with zero attached hydrogens (tertiary/aromatic N) is 2. The molecule has 3 aromatic rings. The second-order valence-corrected chi connectivity index (χ2v) is 8.74. The molecule has 1 aliphatic rings. The van der Waals surface area contributed by atoms with Gasteiger partial charge in [-0.05, 0) is 42.3 Å². The Kier molecular flexibility index (Phi) is 4.70. The first-order valence-corrected chi connectivity index (χ1v) is 10.3. The van der Waals surface area contributed by atoms with Gasteiger partial charge in [0, 0.05) is 18.2 Å². The fourth-order valence-electron chi connectivity index (χ4n) is 3.64. The second-order valence-electron chi connectivity index (χ2n) is 6.77. The van der Waals surface area contributed by atoms with Crippen LogP contribution in [0.25, 0.3) is 11.3 Å². The summed E-state index contributed by atoms with van der Waals surface area (Å²) in [5, 5.41) is 18.0. The third-order valence-corrected chi connectivity index (χ3v) is 7.21. The van der Waals surface area contributed by atoms with Crippen molar-refractivity contribution in [2.24, 2.45) is 0 Å². The minimum Gasteiger partial charge on any atom is -0.497 e. The fourth-order valence-corrected chi connectivity index (χ4v) is 5.23. The van der Waals surface area contributed by atoms with Crippen molar-refractivity contribution in [2.45, 2.75) is 23.5 Å². The van der Waals surface area contributed by atoms with Gasteiger partial charge in [-0.2, -0.15) is 9.40 Å². The van der Waals surface area contributed by atoms with E-state index in [2.05, 4.69) is 10.2 Å². The minimum absolute atomic E-state index is 0.156. The van der Waals surface area contributed by atoms with E-state index in [1.165, 1.54) is 17.4 Å². The summed E-state index contributed by atoms with van der Waals surface area (Å²) in [5.74, 6) is 0.745. The molecule has 2 N–H and O–H groups in total. The summed E-state index contributed by atoms with van der Waals surface area (Å²) >= 11 is 0. The van der Waals surface area contributed by atoms with Gasteiger partial charge < -0.3 is 9.84 Å². The SMILES string of the molecule is COc1ccc(-c2[nH]ncc2CC2C(O)c3ccccc3S(=O)(=O)N2C)cc1. The van der Waals surface area contributed by atoms with E-state index in [0.29, 0.717) is 12.0 Å². The largest absolute Gasteiger partial charge is 0.497 e. The lowest BCUT2D eigenvalue weighted by Gasteiger charge is -2.37. The molecule has 2 unspecified atom stereocenters. The van der Waals surface area contributed by atoms with Crippen LogP contribution >= 0.6 is 0 Å². The predicted octanol–water partition coefficient (Wildman–Crippen LogP) is 2.36. The maximum atomic E-state index is 12.9. The van der Waals surface area contributed by atoms with Crippen LogP contribution < -0.4 is 4.74 Å². The smallest absolute Gasteiger partial charge is 0.243 e. The molecule has 1 aromatic heterocycles. The van der Waals surface area contributed by atoms with Gasteiger partial charge in [0.2, 0.25) is 10.0 Å². The van der Waals surface area contributed by atoms with Crippen molar-refractivity contribution in [3.05, 3.63) is 65.9 Å². The van der Waals surface area contributed by atoms with Crippen LogP contribution in [0.15, 0.2) is 59.6 Å². The van der Waals surface area contributed by atoms with Crippen molar-refractivity contribution in [2.75, 3.05) is 14.2 Å². The normalized spacial score (nSPS) is 21.2. The zero-order valence-electron chi connectivity index (χ0n) is 15.5. The Morgan fingerprint density at radius 3 is 2.61 bits per heavy atom. The number of aromatic nitrogens is 2. The number of methoxy groups -OCH3 is 1. The maximum absolute atomic E-state index is 12.9. The number of aromatic amines is 1. The van der Waals surface area contributed by atoms with Gasteiger partial charge >= 0.3 is 0 Å². The first-order valence-electron chi connectivity index (χ1n) is 8.85. The van der Waals surface area contributed by atoms with Crippen LogP contribution in [0.1, 0.15) is 17.2 Å². The Balaban J connectivity index is 1.70. The van der Waals surface area contributed by atoms with Crippen molar-refractivity contribution in [3.63, 3.8) is 0 Å². The summed E-state index contributed by atoms with van der Waals surface area (Å²) < 4.78 is 32.2. The van der Waals surface area contributed by atoms with Crippen molar-refractivity contribution >= 4 is 10.0 Å². The highest BCUT2D eigenvalue weighted by atomic mass is 32.2. The highest BCUT2D eigenvalue weighted by Crippen LogP contribution is 2.38. The lowest BCUT2D eigenvalue weighted by Crippen LogP contribution is -2.46. The van der Waals surface area contributed by atoms with Crippen LogP contribution in [0.5, 0.6) is 5.75 Å². The molecular weight excluding hydrogens is 378 g/mol. The molecule has 146 valence electrons. The number of hydrogen-bond donors (Lipinski definition) is 2. The zero-order valence-corrected chi connectivity index (χ0v) is 16.3. The molecule has 0 aliphatic carbocycles. The van der Waals surface area contributed by atoms with Gasteiger partial charge in [-0.1, -0.05) is 18.2 Å². The Morgan fingerprint density at radius 2 is 1.89 bits per heavy atom. The van der Waals surface area contributed by atoms with E-state index in [-0.39, 0.29) is 4.90 Å². The first-order chi connectivity index (χ1) is 13.4. The average molecular weight is 399 g/mol. The van der Waals surface area contributed by atoms with E-state index in [0.717, 1.165) is 22.6 Å². The molecule has 0 bridgehead atoms. The van der Waals surface area contributed by atoms with Gasteiger partial charge in [0.1, 0.15) is 5.75 Å². The number of rotatable bonds is 4. The van der Waals surface area contributed by atoms with E-state index in [1.807, 2.05) is 24.3 Å². The monoisotopic (exact) mass is 399 g/mol. The van der Waals surface area contributed by atoms with Crippen LogP contribution in [-0.2, 0) is 16.4 Å². The van der Waals surface area contributed by atoms with Crippen molar-refractivity contribution < 1.29 is 18.3 Å². The van der Waals surface area contributed by atoms with E-state index >= 15 is 0 Å². The molecule has 2 aromatic carbocycles. The number of benzene rings is 2. The lowest BCUT2D eigenvalue weighted by atomic mass is 9.94. The maximum Gasteiger partial charge on any atom is 0.243 e. The first kappa shape index (κ1) is 18.7. The number of ether oxygens (including phenoxy) is 1. The van der Waals surface area contributed by atoms with E-state index < -0.39 is 22.2 Å². The summed E-state index contributed by atoms with van der Waals surface area (Å²) in [4.78, 5) is 0.156. The Labute approximate surface area is 163 Å². The second kappa shape index (κ2) is 7.05. The number of H-pyrrole nitrogens is 1. The molecule has 4 rings (SSSR count). The molecule has 1 aliphatic heterocycles. The van der Waals surface area contributed by atoms with Gasteiger partial charge in [0.25, 0.3) is 0 Å². The highest BCUT2D eigenvalue weighted by Gasteiger charge is 2.41. The number of likely N-dealkylation sites (N-methyl/N-ethyl adjacent to an activating group) is 1. The molecule has 8 heteroatoms. The summed E-state index contributed by atoms with van der Waals surface area (Å²) in [7, 11) is -0.554. The van der Waals surface area contributed by atoms with Gasteiger partial charge in [-0.3, -0.25) is 5.10 Å². The number of nitrogens with one attached hydrogen (secondary N) is 1. The Morgan fingerprint density at radius 1 is 1.18 bits per heavy atom. The molecule has 0 fully saturated rings. The topological polar surface area (TPSA) is 95.5 Å². The van der Waals surface area contributed by atoms with E-state index in [4.69, 9.17) is 4.74 Å². The fraction of sp³-hybridized carbons (Fsp3) is 0.250. The van der Waals surface area contributed by atoms with Crippen LogP contribution in [0.4, 0.5) is 0 Å². The van der Waals surface area contributed by atoms with Gasteiger partial charge in [-0.25, -0.2) is 8.42 Å². The summed E-state index contributed by atoms with van der Waals surface area (Å²) in [6.45, 7) is 0. The van der Waals surface area contributed by atoms with Crippen LogP contribution in [0.2, 0.25) is 0 Å². The van der Waals surface area contributed by atoms with Crippen LogP contribution in [-0.4, -0.2) is 48.2 Å². The van der Waals surface area contributed by atoms with Crippen LogP contribution in [0.3, 0.4) is 0 Å². The molecule has 0 spiro atoms. The molecule has 0 amide bonds. The number of sulfonamides is 1. The lowest BCUT2D eigenvalue weighted by molar-refractivity contribution is 0.0892. The quantitative estimate of drug-likeness (QED) is 0.702. The summed E-state index contributed by atoms with van der Waals surface area (Å²) in [6.07, 6.45) is 1.07. The summed E-state index contributed by atoms with van der Waals surface area (Å²) in [5.41, 5.74) is 2.96. The minimum atomic E-state index is -3.67. The molecule has 0 saturated heterocycles. The zero-order chi connectivity index (χ0) is 19.9. The Hall–Kier alpha value is -2.68. The number of hydrogen-bond acceptors (Lipinski definition) is 5. The molecule has 7 nitrogen and oxygen atoms in total. The molecule has 0 radical (unpaired) electrons. The molecule has 2 atom stereocenters. The van der Waals surface area contributed by atoms with E-state index in [9.17, 15) is 13.5 Å². The Bertz CT molecular complexity index is 1090. The highest BCUT2D eigenvalue weighted by molar-refractivity contribution is 7.89. The van der Waals surface area contributed by atoms with Gasteiger partial charge in [0.05, 0.1) is 36.0 Å². The number of aliphatic hydroxyl groups is 1. The third kappa shape index (κ3) is 2.99. The number of fused-ring (bicyclic) bond motifs is 1. The summed E-state index contributed by atoms with van der Waals surface area (Å²) in [6, 6.07) is 13.5. The van der Waals surface area contributed by atoms with Crippen LogP contribution in [0, 0.1) is 0 Å². The average Bonchev–Trinajstić information content (AvgIpc) is 3.18. The van der Waals surface area contributed by atoms with E-state index in [1.54, 1.807) is 31.5 Å². The molecule has 2 heterocycles. The molecule has 0 saturated carbocycles. The number of aliphatic hydroxyl groups excluding tert-OH is 1. The van der Waals surface area contributed by atoms with Gasteiger partial charge in [0.15, 0.2) is 0 Å². The van der Waals surface area contributed by atoms with Crippen molar-refractivity contribution in [1.82, 2.24) is 14.5 Å². The molecular formula is C20H21N3O4S. The van der Waals surface area contributed by atoms with Crippen molar-refractivity contribution in [3.8, 4) is 17.0 Å². The molecule has 28 heavy (non-hydrogen) atoms. The van der Waals surface area contributed by atoms with Gasteiger partial charge in [-0.15, -0.1) is 0 Å². The standard InChI is InChI=1S/C20H21N3O4S/c1-23-17(20(24)16-5-3-4-6-18(16)28(23,25)26)11-14-12-21-22-19(14)13-7-9-15(27-2)10-8-13/h3-10,12,17,20,24H,11H2,1-2H3,(H,21,22). The predicted molar refractivity (Wildman–Crippen MR) is 104 cm³/mol. The van der Waals surface area contributed by atoms with Crippen molar-refractivity contribution in [1.29, 1.82) is 0 Å².